The lowest BCUT2D eigenvalue weighted by Gasteiger charge is -2.19. The van der Waals surface area contributed by atoms with Crippen molar-refractivity contribution in [2.24, 2.45) is 7.05 Å². The van der Waals surface area contributed by atoms with Gasteiger partial charge >= 0.3 is 0 Å². The highest BCUT2D eigenvalue weighted by Crippen LogP contribution is 2.32. The van der Waals surface area contributed by atoms with E-state index in [1.54, 1.807) is 0 Å². The zero-order chi connectivity index (χ0) is 17.4. The van der Waals surface area contributed by atoms with Crippen molar-refractivity contribution in [3.05, 3.63) is 58.2 Å². The molecule has 0 radical (unpaired) electrons. The van der Waals surface area contributed by atoms with Crippen molar-refractivity contribution in [1.82, 2.24) is 9.88 Å². The van der Waals surface area contributed by atoms with Gasteiger partial charge in [0, 0.05) is 24.5 Å². The van der Waals surface area contributed by atoms with Crippen LogP contribution in [0.1, 0.15) is 16.1 Å². The van der Waals surface area contributed by atoms with Gasteiger partial charge in [-0.2, -0.15) is 0 Å². The highest BCUT2D eigenvalue weighted by Gasteiger charge is 2.19. The molecule has 0 bridgehead atoms. The van der Waals surface area contributed by atoms with Crippen molar-refractivity contribution < 1.29 is 14.3 Å². The van der Waals surface area contributed by atoms with E-state index in [-0.39, 0.29) is 5.91 Å². The summed E-state index contributed by atoms with van der Waals surface area (Å²) in [5.74, 6) is 1.35. The minimum atomic E-state index is -0.125. The van der Waals surface area contributed by atoms with Gasteiger partial charge in [-0.1, -0.05) is 24.3 Å². The number of aryl methyl sites for hydroxylation is 1. The summed E-state index contributed by atoms with van der Waals surface area (Å²) in [6.45, 7) is 1.54. The van der Waals surface area contributed by atoms with Gasteiger partial charge in [0.1, 0.15) is 18.9 Å². The lowest BCUT2D eigenvalue weighted by atomic mass is 10.2. The van der Waals surface area contributed by atoms with Gasteiger partial charge in [0.05, 0.1) is 4.47 Å². The van der Waals surface area contributed by atoms with Crippen molar-refractivity contribution in [3.63, 3.8) is 0 Å². The minimum Gasteiger partial charge on any atom is -0.486 e. The van der Waals surface area contributed by atoms with Crippen LogP contribution < -0.4 is 14.8 Å². The molecule has 0 fully saturated rings. The predicted octanol–water partition coefficient (Wildman–Crippen LogP) is 3.64. The maximum absolute atomic E-state index is 12.7. The van der Waals surface area contributed by atoms with E-state index < -0.39 is 0 Å². The Kier molecular flexibility index (Phi) is 4.13. The number of hydrogen-bond donors (Lipinski definition) is 1. The first-order valence-corrected chi connectivity index (χ1v) is 8.84. The molecule has 3 aromatic rings. The maximum atomic E-state index is 12.7. The number of halogens is 1. The molecule has 128 valence electrons. The van der Waals surface area contributed by atoms with Crippen LogP contribution in [0.25, 0.3) is 10.9 Å². The Morgan fingerprint density at radius 3 is 2.72 bits per heavy atom. The molecule has 4 rings (SSSR count). The molecule has 1 amide bonds. The molecule has 5 nitrogen and oxygen atoms in total. The van der Waals surface area contributed by atoms with Crippen molar-refractivity contribution in [2.75, 3.05) is 13.2 Å². The highest BCUT2D eigenvalue weighted by atomic mass is 79.9. The van der Waals surface area contributed by atoms with E-state index >= 15 is 0 Å². The number of hydrogen-bond acceptors (Lipinski definition) is 3. The molecule has 2 heterocycles. The van der Waals surface area contributed by atoms with Crippen LogP contribution in [0.4, 0.5) is 0 Å². The zero-order valence-corrected chi connectivity index (χ0v) is 15.3. The van der Waals surface area contributed by atoms with Crippen LogP contribution in [0.3, 0.4) is 0 Å². The smallest absolute Gasteiger partial charge is 0.269 e. The van der Waals surface area contributed by atoms with E-state index in [1.807, 2.05) is 54.1 Å². The molecule has 0 spiro atoms. The fourth-order valence-corrected chi connectivity index (χ4v) is 3.84. The van der Waals surface area contributed by atoms with Gasteiger partial charge in [0.15, 0.2) is 11.5 Å². The van der Waals surface area contributed by atoms with Gasteiger partial charge in [0.2, 0.25) is 0 Å². The average molecular weight is 401 g/mol. The molecule has 0 saturated heterocycles. The minimum absolute atomic E-state index is 0.125. The van der Waals surface area contributed by atoms with Gasteiger partial charge in [-0.05, 0) is 39.7 Å². The van der Waals surface area contributed by atoms with E-state index in [4.69, 9.17) is 9.47 Å². The SMILES string of the molecule is Cn1c(C(=O)NCc2ccc3c(c2)OCCO3)c(Br)c2ccccc21. The van der Waals surface area contributed by atoms with Gasteiger partial charge in [-0.25, -0.2) is 0 Å². The van der Waals surface area contributed by atoms with E-state index in [0.29, 0.717) is 25.5 Å². The third-order valence-electron chi connectivity index (χ3n) is 4.32. The number of aromatic nitrogens is 1. The summed E-state index contributed by atoms with van der Waals surface area (Å²) < 4.78 is 13.8. The molecule has 0 unspecified atom stereocenters. The van der Waals surface area contributed by atoms with Crippen LogP contribution in [-0.4, -0.2) is 23.7 Å². The van der Waals surface area contributed by atoms with Crippen molar-refractivity contribution >= 4 is 32.7 Å². The first-order valence-electron chi connectivity index (χ1n) is 8.05. The summed E-state index contributed by atoms with van der Waals surface area (Å²) in [6, 6.07) is 13.6. The van der Waals surface area contributed by atoms with Crippen molar-refractivity contribution in [3.8, 4) is 11.5 Å². The molecule has 1 aromatic heterocycles. The van der Waals surface area contributed by atoms with Crippen LogP contribution in [0.15, 0.2) is 46.9 Å². The molecule has 1 N–H and O–H groups in total. The normalized spacial score (nSPS) is 13.0. The summed E-state index contributed by atoms with van der Waals surface area (Å²) in [6.07, 6.45) is 0. The quantitative estimate of drug-likeness (QED) is 0.729. The maximum Gasteiger partial charge on any atom is 0.269 e. The van der Waals surface area contributed by atoms with E-state index in [1.165, 1.54) is 0 Å². The summed E-state index contributed by atoms with van der Waals surface area (Å²) >= 11 is 3.56. The van der Waals surface area contributed by atoms with Gasteiger partial charge in [-0.3, -0.25) is 4.79 Å². The molecule has 6 heteroatoms. The second-order valence-corrected chi connectivity index (χ2v) is 6.69. The topological polar surface area (TPSA) is 52.5 Å². The molecule has 0 saturated carbocycles. The number of carbonyl (C=O) groups excluding carboxylic acids is 1. The van der Waals surface area contributed by atoms with Gasteiger partial charge in [-0.15, -0.1) is 0 Å². The van der Waals surface area contributed by atoms with Crippen LogP contribution in [0, 0.1) is 0 Å². The van der Waals surface area contributed by atoms with Gasteiger partial charge < -0.3 is 19.4 Å². The second kappa shape index (κ2) is 6.44. The molecule has 2 aromatic carbocycles. The number of para-hydroxylation sites is 1. The van der Waals surface area contributed by atoms with E-state index in [2.05, 4.69) is 21.2 Å². The fraction of sp³-hybridized carbons (Fsp3) is 0.211. The number of ether oxygens (including phenoxy) is 2. The monoisotopic (exact) mass is 400 g/mol. The fourth-order valence-electron chi connectivity index (χ4n) is 3.06. The molecular weight excluding hydrogens is 384 g/mol. The number of fused-ring (bicyclic) bond motifs is 2. The molecule has 1 aliphatic rings. The van der Waals surface area contributed by atoms with Crippen LogP contribution in [0.5, 0.6) is 11.5 Å². The molecule has 25 heavy (non-hydrogen) atoms. The average Bonchev–Trinajstić information content (AvgIpc) is 2.91. The largest absolute Gasteiger partial charge is 0.486 e. The number of benzene rings is 2. The summed E-state index contributed by atoms with van der Waals surface area (Å²) in [4.78, 5) is 12.7. The molecule has 0 aliphatic carbocycles. The van der Waals surface area contributed by atoms with Crippen LogP contribution in [-0.2, 0) is 13.6 Å². The van der Waals surface area contributed by atoms with E-state index in [9.17, 15) is 4.79 Å². The third-order valence-corrected chi connectivity index (χ3v) is 5.12. The highest BCUT2D eigenvalue weighted by molar-refractivity contribution is 9.10. The van der Waals surface area contributed by atoms with Crippen LogP contribution >= 0.6 is 15.9 Å². The van der Waals surface area contributed by atoms with E-state index in [0.717, 1.165) is 32.4 Å². The first kappa shape index (κ1) is 16.0. The lowest BCUT2D eigenvalue weighted by molar-refractivity contribution is 0.0942. The summed E-state index contributed by atoms with van der Waals surface area (Å²) in [5, 5.41) is 4.00. The Bertz CT molecular complexity index is 926. The Hall–Kier alpha value is -2.47. The molecule has 1 aliphatic heterocycles. The Labute approximate surface area is 153 Å². The molecular formula is C19H17BrN2O3. The van der Waals surface area contributed by atoms with Crippen molar-refractivity contribution in [1.29, 1.82) is 0 Å². The third kappa shape index (κ3) is 2.87. The lowest BCUT2D eigenvalue weighted by Crippen LogP contribution is -2.25. The predicted molar refractivity (Wildman–Crippen MR) is 99.2 cm³/mol. The second-order valence-electron chi connectivity index (χ2n) is 5.90. The van der Waals surface area contributed by atoms with Crippen molar-refractivity contribution in [2.45, 2.75) is 6.54 Å². The Morgan fingerprint density at radius 1 is 1.16 bits per heavy atom. The van der Waals surface area contributed by atoms with Crippen LogP contribution in [0.2, 0.25) is 0 Å². The summed E-state index contributed by atoms with van der Waals surface area (Å²) in [5.41, 5.74) is 2.59. The summed E-state index contributed by atoms with van der Waals surface area (Å²) in [7, 11) is 1.89. The zero-order valence-electron chi connectivity index (χ0n) is 13.7. The first-order chi connectivity index (χ1) is 12.1. The standard InChI is InChI=1S/C19H17BrN2O3/c1-22-14-5-3-2-4-13(14)17(20)18(22)19(23)21-11-12-6-7-15-16(10-12)25-9-8-24-15/h2-7,10H,8-9,11H2,1H3,(H,21,23). The Balaban J connectivity index is 1.55. The van der Waals surface area contributed by atoms with Gasteiger partial charge in [0.25, 0.3) is 5.91 Å². The number of amides is 1. The number of nitrogens with one attached hydrogen (secondary N) is 1. The number of carbonyl (C=O) groups is 1. The molecule has 0 atom stereocenters. The number of nitrogens with zero attached hydrogens (tertiary/aromatic N) is 1. The Morgan fingerprint density at radius 2 is 1.92 bits per heavy atom. The number of rotatable bonds is 3.